The fraction of sp³-hybridized carbons (Fsp3) is 1.00. The molecule has 1 N–H and O–H groups in total. The van der Waals surface area contributed by atoms with Crippen molar-refractivity contribution < 1.29 is 12.5 Å². The van der Waals surface area contributed by atoms with Gasteiger partial charge in [-0.15, -0.1) is 0 Å². The molecule has 0 atom stereocenters. The van der Waals surface area contributed by atoms with E-state index in [0.29, 0.717) is 0 Å². The van der Waals surface area contributed by atoms with E-state index in [0.717, 1.165) is 8.05 Å². The van der Waals surface area contributed by atoms with Gasteiger partial charge in [0, 0.05) is 7.05 Å². The van der Waals surface area contributed by atoms with Gasteiger partial charge in [0.1, 0.15) is 0 Å². The second-order valence-electron chi connectivity index (χ2n) is 0.825. The largest absolute Gasteiger partial charge is 0.332 e. The fourth-order valence-corrected chi connectivity index (χ4v) is 0.250. The number of rotatable bonds is 2. The predicted octanol–water partition coefficient (Wildman–Crippen LogP) is -1.98. The average Bonchev–Trinajstić information content (AvgIpc) is 1.68. The quantitative estimate of drug-likeness (QED) is 0.432. The lowest BCUT2D eigenvalue weighted by atomic mass is 10.6. The summed E-state index contributed by atoms with van der Waals surface area (Å²) in [5.41, 5.74) is 0. The van der Waals surface area contributed by atoms with Crippen molar-refractivity contribution in [1.29, 1.82) is 0 Å². The zero-order chi connectivity index (χ0) is 5.91. The molecule has 0 aliphatic heterocycles. The molecule has 0 aliphatic rings. The van der Waals surface area contributed by atoms with Crippen LogP contribution in [0.15, 0.2) is 0 Å². The van der Waals surface area contributed by atoms with Crippen molar-refractivity contribution in [3.63, 3.8) is 0 Å². The Kier molecular flexibility index (Phi) is 2.27. The average molecular weight is 123 g/mol. The molecule has 0 unspecified atom stereocenters. The van der Waals surface area contributed by atoms with Crippen molar-refractivity contribution in [2.45, 2.75) is 0 Å². The summed E-state index contributed by atoms with van der Waals surface area (Å²) in [6.45, 7) is 0. The summed E-state index contributed by atoms with van der Waals surface area (Å²) in [4.78, 5) is 0. The van der Waals surface area contributed by atoms with Crippen molar-refractivity contribution in [2.75, 3.05) is 7.05 Å². The predicted molar refractivity (Wildman–Crippen MR) is 27.6 cm³/mol. The molecule has 0 aromatic heterocycles. The van der Waals surface area contributed by atoms with Crippen LogP contribution in [-0.4, -0.2) is 23.5 Å². The SMILES string of the molecule is BOS(=O)(=O)NC. The lowest BCUT2D eigenvalue weighted by molar-refractivity contribution is 0.498. The molecule has 42 valence electrons. The van der Waals surface area contributed by atoms with Crippen LogP contribution in [-0.2, 0) is 14.4 Å². The maximum Gasteiger partial charge on any atom is 0.321 e. The highest BCUT2D eigenvalue weighted by Gasteiger charge is 1.97. The van der Waals surface area contributed by atoms with Gasteiger partial charge in [0.25, 0.3) is 8.05 Å². The van der Waals surface area contributed by atoms with Crippen LogP contribution in [0.2, 0.25) is 0 Å². The second-order valence-corrected chi connectivity index (χ2v) is 2.47. The van der Waals surface area contributed by atoms with E-state index in [1.54, 1.807) is 0 Å². The number of hydrogen-bond acceptors (Lipinski definition) is 3. The first kappa shape index (κ1) is 6.93. The first-order valence-electron chi connectivity index (χ1n) is 1.61. The molecule has 4 nitrogen and oxygen atoms in total. The summed E-state index contributed by atoms with van der Waals surface area (Å²) >= 11 is 0. The molecule has 0 saturated carbocycles. The van der Waals surface area contributed by atoms with Crippen molar-refractivity contribution >= 4 is 18.4 Å². The van der Waals surface area contributed by atoms with Crippen LogP contribution in [0.1, 0.15) is 0 Å². The van der Waals surface area contributed by atoms with Crippen molar-refractivity contribution in [3.8, 4) is 0 Å². The minimum absolute atomic E-state index is 1.09. The van der Waals surface area contributed by atoms with Crippen LogP contribution in [0.25, 0.3) is 0 Å². The second kappa shape index (κ2) is 2.30. The molecule has 0 bridgehead atoms. The Balaban J connectivity index is 3.89. The molecule has 0 aliphatic carbocycles. The van der Waals surface area contributed by atoms with Gasteiger partial charge < -0.3 is 4.10 Å². The minimum Gasteiger partial charge on any atom is -0.332 e. The highest BCUT2D eigenvalue weighted by atomic mass is 32.2. The summed E-state index contributed by atoms with van der Waals surface area (Å²) in [6.07, 6.45) is 0. The van der Waals surface area contributed by atoms with Crippen LogP contribution in [0.5, 0.6) is 0 Å². The Hall–Kier alpha value is -0.0651. The van der Waals surface area contributed by atoms with E-state index in [1.807, 2.05) is 4.72 Å². The molecule has 0 amide bonds. The summed E-state index contributed by atoms with van der Waals surface area (Å²) in [7, 11) is -1.04. The molecule has 0 aromatic carbocycles. The number of nitrogens with one attached hydrogen (secondary N) is 1. The third kappa shape index (κ3) is 2.61. The van der Waals surface area contributed by atoms with E-state index in [4.69, 9.17) is 0 Å². The molecule has 0 radical (unpaired) electrons. The zero-order valence-electron chi connectivity index (χ0n) is 4.13. The molecule has 0 spiro atoms. The van der Waals surface area contributed by atoms with Crippen molar-refractivity contribution in [1.82, 2.24) is 4.72 Å². The van der Waals surface area contributed by atoms with Gasteiger partial charge in [-0.25, -0.2) is 0 Å². The Morgan fingerprint density at radius 1 is 1.71 bits per heavy atom. The van der Waals surface area contributed by atoms with Gasteiger partial charge in [0.05, 0.1) is 0 Å². The third-order valence-electron chi connectivity index (χ3n) is 0.469. The van der Waals surface area contributed by atoms with Gasteiger partial charge in [-0.2, -0.15) is 13.1 Å². The Morgan fingerprint density at radius 3 is 2.14 bits per heavy atom. The van der Waals surface area contributed by atoms with Crippen LogP contribution in [0.3, 0.4) is 0 Å². The van der Waals surface area contributed by atoms with Gasteiger partial charge in [-0.1, -0.05) is 0 Å². The van der Waals surface area contributed by atoms with Crippen molar-refractivity contribution in [2.24, 2.45) is 0 Å². The van der Waals surface area contributed by atoms with Gasteiger partial charge in [0.2, 0.25) is 0 Å². The van der Waals surface area contributed by atoms with E-state index >= 15 is 0 Å². The summed E-state index contributed by atoms with van der Waals surface area (Å²) in [6, 6.07) is 0. The Labute approximate surface area is 43.6 Å². The lowest BCUT2D eigenvalue weighted by Crippen LogP contribution is -2.19. The Morgan fingerprint density at radius 2 is 2.14 bits per heavy atom. The van der Waals surface area contributed by atoms with Crippen LogP contribution in [0.4, 0.5) is 0 Å². The Bertz CT molecular complexity index is 118. The summed E-state index contributed by atoms with van der Waals surface area (Å²) in [5.74, 6) is 0. The first-order valence-corrected chi connectivity index (χ1v) is 3.02. The van der Waals surface area contributed by atoms with E-state index < -0.39 is 10.3 Å². The van der Waals surface area contributed by atoms with Crippen molar-refractivity contribution in [3.05, 3.63) is 0 Å². The zero-order valence-corrected chi connectivity index (χ0v) is 4.95. The molecule has 0 heterocycles. The van der Waals surface area contributed by atoms with Crippen LogP contribution >= 0.6 is 0 Å². The standard InChI is InChI=1S/CH6BNO3S/c1-3-7(4,5)6-2/h3H,2H2,1H3. The molecule has 0 aromatic rings. The van der Waals surface area contributed by atoms with Gasteiger partial charge in [-0.05, 0) is 0 Å². The summed E-state index contributed by atoms with van der Waals surface area (Å²) < 4.78 is 26.0. The molecular weight excluding hydrogens is 117 g/mol. The molecule has 7 heavy (non-hydrogen) atoms. The monoisotopic (exact) mass is 123 g/mol. The van der Waals surface area contributed by atoms with Gasteiger partial charge in [-0.3, -0.25) is 0 Å². The first-order chi connectivity index (χ1) is 3.12. The number of hydrogen-bond donors (Lipinski definition) is 1. The lowest BCUT2D eigenvalue weighted by Gasteiger charge is -1.93. The molecule has 0 saturated heterocycles. The molecule has 0 fully saturated rings. The molecule has 0 rings (SSSR count). The highest BCUT2D eigenvalue weighted by Crippen LogP contribution is 1.74. The molecule has 6 heteroatoms. The van der Waals surface area contributed by atoms with Gasteiger partial charge >= 0.3 is 10.3 Å². The topological polar surface area (TPSA) is 55.4 Å². The normalized spacial score (nSPS) is 11.6. The smallest absolute Gasteiger partial charge is 0.321 e. The van der Waals surface area contributed by atoms with Crippen LogP contribution < -0.4 is 4.72 Å². The third-order valence-corrected chi connectivity index (χ3v) is 1.41. The van der Waals surface area contributed by atoms with E-state index in [2.05, 4.69) is 4.10 Å². The van der Waals surface area contributed by atoms with Gasteiger partial charge in [0.15, 0.2) is 0 Å². The molecular formula is CH6BNO3S. The van der Waals surface area contributed by atoms with Crippen LogP contribution in [0, 0.1) is 0 Å². The van der Waals surface area contributed by atoms with E-state index in [1.165, 1.54) is 7.05 Å². The maximum absolute atomic E-state index is 10.0. The fourth-order valence-electron chi connectivity index (χ4n) is 0.0833. The van der Waals surface area contributed by atoms with E-state index in [-0.39, 0.29) is 0 Å². The van der Waals surface area contributed by atoms with E-state index in [9.17, 15) is 8.42 Å². The summed E-state index contributed by atoms with van der Waals surface area (Å²) in [5, 5.41) is 0. The maximum atomic E-state index is 10.0. The minimum atomic E-state index is -3.41. The highest BCUT2D eigenvalue weighted by molar-refractivity contribution is 7.85.